The van der Waals surface area contributed by atoms with Crippen LogP contribution in [0.1, 0.15) is 116 Å². The molecule has 0 atom stereocenters. The smallest absolute Gasteiger partial charge is 0.303 e. The van der Waals surface area contributed by atoms with Crippen molar-refractivity contribution in [2.24, 2.45) is 0 Å². The van der Waals surface area contributed by atoms with Gasteiger partial charge in [-0.2, -0.15) is 0 Å². The van der Waals surface area contributed by atoms with Crippen LogP contribution in [0.3, 0.4) is 0 Å². The molecule has 3 nitrogen and oxygen atoms in total. The van der Waals surface area contributed by atoms with Gasteiger partial charge in [-0.05, 0) is 19.3 Å². The number of rotatable bonds is 12. The van der Waals surface area contributed by atoms with Crippen molar-refractivity contribution >= 4 is 11.8 Å². The summed E-state index contributed by atoms with van der Waals surface area (Å²) in [6, 6.07) is 0. The zero-order valence-electron chi connectivity index (χ0n) is 15.3. The highest BCUT2D eigenvalue weighted by atomic mass is 16.4. The van der Waals surface area contributed by atoms with Crippen LogP contribution in [0.25, 0.3) is 0 Å². The standard InChI is InChI=1S/C14H28O2.C6H10O/c1-2-3-4-5-6-7-8-9-10-11-12-13-14(15)16;7-6-4-2-1-3-5-6/h2-13H2,1H3,(H,15,16);1-5H2. The van der Waals surface area contributed by atoms with Crippen molar-refractivity contribution < 1.29 is 14.7 Å². The van der Waals surface area contributed by atoms with E-state index in [2.05, 4.69) is 6.92 Å². The van der Waals surface area contributed by atoms with Crippen LogP contribution in [0.15, 0.2) is 0 Å². The van der Waals surface area contributed by atoms with E-state index in [4.69, 9.17) is 5.11 Å². The fraction of sp³-hybridized carbons (Fsp3) is 0.900. The average Bonchev–Trinajstić information content (AvgIpc) is 2.54. The molecule has 1 saturated carbocycles. The van der Waals surface area contributed by atoms with Crippen LogP contribution < -0.4 is 0 Å². The van der Waals surface area contributed by atoms with Crippen LogP contribution in [-0.4, -0.2) is 16.9 Å². The van der Waals surface area contributed by atoms with Gasteiger partial charge in [-0.3, -0.25) is 9.59 Å². The maximum Gasteiger partial charge on any atom is 0.303 e. The first kappa shape index (κ1) is 22.1. The molecule has 23 heavy (non-hydrogen) atoms. The van der Waals surface area contributed by atoms with Crippen molar-refractivity contribution in [1.29, 1.82) is 0 Å². The number of unbranched alkanes of at least 4 members (excludes halogenated alkanes) is 10. The number of hydrogen-bond acceptors (Lipinski definition) is 2. The second kappa shape index (κ2) is 17.5. The summed E-state index contributed by atoms with van der Waals surface area (Å²) in [5.74, 6) is -0.192. The Kier molecular flexibility index (Phi) is 16.8. The molecule has 0 amide bonds. The van der Waals surface area contributed by atoms with Crippen LogP contribution in [-0.2, 0) is 9.59 Å². The van der Waals surface area contributed by atoms with Gasteiger partial charge in [-0.1, -0.05) is 77.6 Å². The molecule has 1 fully saturated rings. The summed E-state index contributed by atoms with van der Waals surface area (Å²) < 4.78 is 0. The quantitative estimate of drug-likeness (QED) is 0.429. The van der Waals surface area contributed by atoms with E-state index >= 15 is 0 Å². The van der Waals surface area contributed by atoms with Crippen LogP contribution in [0.4, 0.5) is 0 Å². The molecule has 0 saturated heterocycles. The third kappa shape index (κ3) is 19.1. The van der Waals surface area contributed by atoms with E-state index in [0.29, 0.717) is 12.2 Å². The number of carboxylic acids is 1. The summed E-state index contributed by atoms with van der Waals surface area (Å²) in [4.78, 5) is 20.7. The number of carbonyl (C=O) groups is 2. The van der Waals surface area contributed by atoms with Crippen LogP contribution in [0.5, 0.6) is 0 Å². The molecular weight excluding hydrogens is 288 g/mol. The number of Topliss-reactive ketones (excluding diaryl/α,β-unsaturated/α-hetero) is 1. The van der Waals surface area contributed by atoms with Crippen molar-refractivity contribution in [2.75, 3.05) is 0 Å². The molecule has 1 aliphatic rings. The van der Waals surface area contributed by atoms with Gasteiger partial charge in [0.15, 0.2) is 0 Å². The Morgan fingerprint density at radius 3 is 1.57 bits per heavy atom. The van der Waals surface area contributed by atoms with E-state index in [1.165, 1.54) is 64.2 Å². The van der Waals surface area contributed by atoms with Crippen LogP contribution in [0.2, 0.25) is 0 Å². The topological polar surface area (TPSA) is 54.4 Å². The molecule has 3 heteroatoms. The largest absolute Gasteiger partial charge is 0.481 e. The Morgan fingerprint density at radius 2 is 1.22 bits per heavy atom. The first-order chi connectivity index (χ1) is 11.2. The van der Waals surface area contributed by atoms with Crippen molar-refractivity contribution in [3.8, 4) is 0 Å². The second-order valence-corrected chi connectivity index (χ2v) is 6.78. The molecule has 1 rings (SSSR count). The van der Waals surface area contributed by atoms with Crippen LogP contribution in [0, 0.1) is 0 Å². The lowest BCUT2D eigenvalue weighted by atomic mass is 10.00. The molecule has 0 aromatic carbocycles. The molecule has 0 aliphatic heterocycles. The number of aliphatic carboxylic acids is 1. The van der Waals surface area contributed by atoms with Crippen LogP contribution >= 0.6 is 0 Å². The molecule has 136 valence electrons. The monoisotopic (exact) mass is 326 g/mol. The lowest BCUT2D eigenvalue weighted by Gasteiger charge is -2.05. The van der Waals surface area contributed by atoms with Gasteiger partial charge >= 0.3 is 5.97 Å². The molecule has 0 spiro atoms. The maximum atomic E-state index is 10.5. The van der Waals surface area contributed by atoms with E-state index in [1.54, 1.807) is 0 Å². The number of hydrogen-bond donors (Lipinski definition) is 1. The lowest BCUT2D eigenvalue weighted by molar-refractivity contribution is -0.137. The summed E-state index contributed by atoms with van der Waals surface area (Å²) in [6.45, 7) is 2.25. The molecule has 0 radical (unpaired) electrons. The van der Waals surface area contributed by atoms with E-state index in [-0.39, 0.29) is 0 Å². The Hall–Kier alpha value is -0.860. The van der Waals surface area contributed by atoms with E-state index < -0.39 is 5.97 Å². The molecule has 0 aromatic heterocycles. The Morgan fingerprint density at radius 1 is 0.783 bits per heavy atom. The minimum Gasteiger partial charge on any atom is -0.481 e. The summed E-state index contributed by atoms with van der Waals surface area (Å²) in [5, 5.41) is 8.46. The SMILES string of the molecule is CCCCCCCCCCCCCC(=O)O.O=C1CCCCC1. The van der Waals surface area contributed by atoms with Gasteiger partial charge in [0, 0.05) is 19.3 Å². The second-order valence-electron chi connectivity index (χ2n) is 6.78. The fourth-order valence-electron chi connectivity index (χ4n) is 2.89. The number of carbonyl (C=O) groups excluding carboxylic acids is 1. The van der Waals surface area contributed by atoms with Gasteiger partial charge in [0.2, 0.25) is 0 Å². The van der Waals surface area contributed by atoms with Gasteiger partial charge < -0.3 is 5.11 Å². The molecule has 0 bridgehead atoms. The summed E-state index contributed by atoms with van der Waals surface area (Å²) >= 11 is 0. The predicted octanol–water partition coefficient (Wildman–Crippen LogP) is 6.29. The van der Waals surface area contributed by atoms with Gasteiger partial charge in [-0.25, -0.2) is 0 Å². The normalized spacial score (nSPS) is 14.2. The van der Waals surface area contributed by atoms with E-state index in [1.807, 2.05) is 0 Å². The first-order valence-corrected chi connectivity index (χ1v) is 9.90. The third-order valence-electron chi connectivity index (χ3n) is 4.41. The summed E-state index contributed by atoms with van der Waals surface area (Å²) in [5.41, 5.74) is 0. The number of carboxylic acid groups (broad SMARTS) is 1. The van der Waals surface area contributed by atoms with Crippen molar-refractivity contribution in [2.45, 2.75) is 116 Å². The fourth-order valence-corrected chi connectivity index (χ4v) is 2.89. The van der Waals surface area contributed by atoms with Crippen molar-refractivity contribution in [3.05, 3.63) is 0 Å². The molecular formula is C20H38O3. The highest BCUT2D eigenvalue weighted by molar-refractivity contribution is 5.78. The molecule has 1 aliphatic carbocycles. The van der Waals surface area contributed by atoms with E-state index in [9.17, 15) is 9.59 Å². The Balaban J connectivity index is 0.000000568. The molecule has 0 aromatic rings. The zero-order chi connectivity index (χ0) is 17.2. The predicted molar refractivity (Wildman–Crippen MR) is 96.8 cm³/mol. The van der Waals surface area contributed by atoms with Gasteiger partial charge in [0.1, 0.15) is 5.78 Å². The first-order valence-electron chi connectivity index (χ1n) is 9.90. The average molecular weight is 327 g/mol. The molecule has 0 unspecified atom stereocenters. The van der Waals surface area contributed by atoms with Crippen molar-refractivity contribution in [1.82, 2.24) is 0 Å². The Labute approximate surface area is 143 Å². The lowest BCUT2D eigenvalue weighted by Crippen LogP contribution is -2.02. The Bertz CT molecular complexity index is 279. The van der Waals surface area contributed by atoms with E-state index in [0.717, 1.165) is 38.5 Å². The molecule has 0 heterocycles. The summed E-state index contributed by atoms with van der Waals surface area (Å²) in [6.07, 6.45) is 19.6. The minimum atomic E-state index is -0.657. The number of ketones is 1. The maximum absolute atomic E-state index is 10.5. The highest BCUT2D eigenvalue weighted by Crippen LogP contribution is 2.12. The minimum absolute atomic E-state index is 0.344. The summed E-state index contributed by atoms with van der Waals surface area (Å²) in [7, 11) is 0. The van der Waals surface area contributed by atoms with Gasteiger partial charge in [0.25, 0.3) is 0 Å². The third-order valence-corrected chi connectivity index (χ3v) is 4.41. The molecule has 1 N–H and O–H groups in total. The van der Waals surface area contributed by atoms with Gasteiger partial charge in [-0.15, -0.1) is 0 Å². The zero-order valence-corrected chi connectivity index (χ0v) is 15.3. The van der Waals surface area contributed by atoms with Crippen molar-refractivity contribution in [3.63, 3.8) is 0 Å². The highest BCUT2D eigenvalue weighted by Gasteiger charge is 2.06. The van der Waals surface area contributed by atoms with Gasteiger partial charge in [0.05, 0.1) is 0 Å².